The van der Waals surface area contributed by atoms with E-state index < -0.39 is 5.97 Å². The van der Waals surface area contributed by atoms with Gasteiger partial charge >= 0.3 is 5.97 Å². The second-order valence-corrected chi connectivity index (χ2v) is 4.50. The molecule has 0 atom stereocenters. The summed E-state index contributed by atoms with van der Waals surface area (Å²) in [6.45, 7) is 1.92. The van der Waals surface area contributed by atoms with Crippen LogP contribution in [0.3, 0.4) is 0 Å². The number of carboxylic acid groups (broad SMARTS) is 1. The Bertz CT molecular complexity index is 399. The molecule has 2 rings (SSSR count). The summed E-state index contributed by atoms with van der Waals surface area (Å²) in [5.41, 5.74) is 1.01. The van der Waals surface area contributed by atoms with Crippen molar-refractivity contribution in [3.63, 3.8) is 0 Å². The Balaban J connectivity index is 1.89. The number of benzene rings is 1. The molecule has 1 heterocycles. The lowest BCUT2D eigenvalue weighted by molar-refractivity contribution is -0.136. The lowest BCUT2D eigenvalue weighted by Gasteiger charge is -2.36. The summed E-state index contributed by atoms with van der Waals surface area (Å²) in [5.74, 6) is 0.0722. The van der Waals surface area contributed by atoms with Gasteiger partial charge in [-0.2, -0.15) is 0 Å². The van der Waals surface area contributed by atoms with Crippen LogP contribution in [0.5, 0.6) is 5.75 Å². The van der Waals surface area contributed by atoms with Gasteiger partial charge in [0.1, 0.15) is 11.9 Å². The second-order valence-electron chi connectivity index (χ2n) is 4.50. The molecule has 4 nitrogen and oxygen atoms in total. The Morgan fingerprint density at radius 2 is 2.29 bits per heavy atom. The Kier molecular flexibility index (Phi) is 3.64. The van der Waals surface area contributed by atoms with Crippen LogP contribution < -0.4 is 4.74 Å². The van der Waals surface area contributed by atoms with Gasteiger partial charge in [-0.15, -0.1) is 0 Å². The highest BCUT2D eigenvalue weighted by molar-refractivity contribution is 5.67. The Morgan fingerprint density at radius 1 is 1.53 bits per heavy atom. The highest BCUT2D eigenvalue weighted by Gasteiger charge is 2.24. The molecule has 0 aromatic heterocycles. The molecule has 1 aromatic carbocycles. The lowest BCUT2D eigenvalue weighted by atomic mass is 10.1. The standard InChI is InChI=1S/C13H17NO3/c1-14-8-12(9-14)17-11-4-2-3-10(7-11)5-6-13(15)16/h2-4,7,12H,5-6,8-9H2,1H3,(H,15,16). The van der Waals surface area contributed by atoms with Crippen LogP contribution in [0.25, 0.3) is 0 Å². The van der Waals surface area contributed by atoms with Crippen molar-refractivity contribution in [2.75, 3.05) is 20.1 Å². The van der Waals surface area contributed by atoms with E-state index in [0.29, 0.717) is 6.42 Å². The number of nitrogens with zero attached hydrogens (tertiary/aromatic N) is 1. The molecule has 0 saturated carbocycles. The Labute approximate surface area is 101 Å². The smallest absolute Gasteiger partial charge is 0.303 e. The monoisotopic (exact) mass is 235 g/mol. The summed E-state index contributed by atoms with van der Waals surface area (Å²) in [7, 11) is 2.06. The van der Waals surface area contributed by atoms with E-state index in [1.54, 1.807) is 0 Å². The van der Waals surface area contributed by atoms with E-state index in [1.807, 2.05) is 24.3 Å². The van der Waals surface area contributed by atoms with Gasteiger partial charge in [0.25, 0.3) is 0 Å². The highest BCUT2D eigenvalue weighted by Crippen LogP contribution is 2.19. The van der Waals surface area contributed by atoms with Gasteiger partial charge in [0.05, 0.1) is 0 Å². The number of hydrogen-bond acceptors (Lipinski definition) is 3. The zero-order chi connectivity index (χ0) is 12.3. The molecule has 92 valence electrons. The summed E-state index contributed by atoms with van der Waals surface area (Å²) >= 11 is 0. The van der Waals surface area contributed by atoms with Crippen molar-refractivity contribution in [1.29, 1.82) is 0 Å². The van der Waals surface area contributed by atoms with Crippen LogP contribution in [0, 0.1) is 0 Å². The molecule has 17 heavy (non-hydrogen) atoms. The van der Waals surface area contributed by atoms with E-state index >= 15 is 0 Å². The number of rotatable bonds is 5. The third-order valence-corrected chi connectivity index (χ3v) is 2.86. The van der Waals surface area contributed by atoms with Crippen molar-refractivity contribution in [3.8, 4) is 5.75 Å². The molecule has 1 aromatic rings. The van der Waals surface area contributed by atoms with Gasteiger partial charge in [0, 0.05) is 19.5 Å². The molecular formula is C13H17NO3. The first kappa shape index (κ1) is 11.9. The van der Waals surface area contributed by atoms with Gasteiger partial charge in [-0.05, 0) is 31.2 Å². The fraction of sp³-hybridized carbons (Fsp3) is 0.462. The SMILES string of the molecule is CN1CC(Oc2cccc(CCC(=O)O)c2)C1. The maximum atomic E-state index is 10.5. The highest BCUT2D eigenvalue weighted by atomic mass is 16.5. The normalized spacial score (nSPS) is 16.5. The molecule has 1 aliphatic rings. The minimum absolute atomic E-state index is 0.162. The van der Waals surface area contributed by atoms with Crippen LogP contribution in [0.4, 0.5) is 0 Å². The van der Waals surface area contributed by atoms with Gasteiger partial charge in [-0.3, -0.25) is 9.69 Å². The van der Waals surface area contributed by atoms with Crippen molar-refractivity contribution >= 4 is 5.97 Å². The molecule has 0 spiro atoms. The average Bonchev–Trinajstić information content (AvgIpc) is 2.25. The van der Waals surface area contributed by atoms with Crippen LogP contribution >= 0.6 is 0 Å². The molecule has 1 N–H and O–H groups in total. The number of likely N-dealkylation sites (N-methyl/N-ethyl adjacent to an activating group) is 1. The predicted molar refractivity (Wildman–Crippen MR) is 64.3 cm³/mol. The van der Waals surface area contributed by atoms with Crippen LogP contribution in [-0.2, 0) is 11.2 Å². The summed E-state index contributed by atoms with van der Waals surface area (Å²) in [4.78, 5) is 12.7. The zero-order valence-electron chi connectivity index (χ0n) is 9.93. The zero-order valence-corrected chi connectivity index (χ0v) is 9.93. The number of carbonyl (C=O) groups is 1. The number of carboxylic acids is 1. The average molecular weight is 235 g/mol. The Hall–Kier alpha value is -1.55. The fourth-order valence-electron chi connectivity index (χ4n) is 1.93. The molecular weight excluding hydrogens is 218 g/mol. The number of ether oxygens (including phenoxy) is 1. The second kappa shape index (κ2) is 5.19. The third-order valence-electron chi connectivity index (χ3n) is 2.86. The summed E-state index contributed by atoms with van der Waals surface area (Å²) in [6, 6.07) is 7.70. The maximum absolute atomic E-state index is 10.5. The van der Waals surface area contributed by atoms with Crippen molar-refractivity contribution < 1.29 is 14.6 Å². The van der Waals surface area contributed by atoms with Crippen molar-refractivity contribution in [1.82, 2.24) is 4.90 Å². The number of hydrogen-bond donors (Lipinski definition) is 1. The summed E-state index contributed by atoms with van der Waals surface area (Å²) in [6.07, 6.45) is 0.988. The first-order chi connectivity index (χ1) is 8.13. The summed E-state index contributed by atoms with van der Waals surface area (Å²) < 4.78 is 5.78. The van der Waals surface area contributed by atoms with Crippen molar-refractivity contribution in [2.24, 2.45) is 0 Å². The van der Waals surface area contributed by atoms with Gasteiger partial charge in [-0.25, -0.2) is 0 Å². The number of likely N-dealkylation sites (tertiary alicyclic amines) is 1. The molecule has 1 aliphatic heterocycles. The molecule has 0 bridgehead atoms. The third kappa shape index (κ3) is 3.46. The van der Waals surface area contributed by atoms with Gasteiger partial charge in [-0.1, -0.05) is 12.1 Å². The lowest BCUT2D eigenvalue weighted by Crippen LogP contribution is -2.51. The van der Waals surface area contributed by atoms with E-state index in [1.165, 1.54) is 0 Å². The van der Waals surface area contributed by atoms with Crippen molar-refractivity contribution in [3.05, 3.63) is 29.8 Å². The molecule has 0 unspecified atom stereocenters. The first-order valence-electron chi connectivity index (χ1n) is 5.79. The predicted octanol–water partition coefficient (Wildman–Crippen LogP) is 1.40. The minimum atomic E-state index is -0.767. The molecule has 0 aliphatic carbocycles. The van der Waals surface area contributed by atoms with Crippen molar-refractivity contribution in [2.45, 2.75) is 18.9 Å². The topological polar surface area (TPSA) is 49.8 Å². The molecule has 1 fully saturated rings. The molecule has 0 amide bonds. The minimum Gasteiger partial charge on any atom is -0.488 e. The molecule has 4 heteroatoms. The van der Waals surface area contributed by atoms with E-state index in [-0.39, 0.29) is 12.5 Å². The van der Waals surface area contributed by atoms with Gasteiger partial charge in [0.15, 0.2) is 0 Å². The largest absolute Gasteiger partial charge is 0.488 e. The van der Waals surface area contributed by atoms with Crippen LogP contribution in [0.2, 0.25) is 0 Å². The first-order valence-corrected chi connectivity index (χ1v) is 5.79. The fourth-order valence-corrected chi connectivity index (χ4v) is 1.93. The van der Waals surface area contributed by atoms with Gasteiger partial charge in [0.2, 0.25) is 0 Å². The maximum Gasteiger partial charge on any atom is 0.303 e. The van der Waals surface area contributed by atoms with Crippen LogP contribution in [0.15, 0.2) is 24.3 Å². The van der Waals surface area contributed by atoms with E-state index in [4.69, 9.17) is 9.84 Å². The van der Waals surface area contributed by atoms with E-state index in [2.05, 4.69) is 11.9 Å². The number of aliphatic carboxylic acids is 1. The Morgan fingerprint density at radius 3 is 2.94 bits per heavy atom. The summed E-state index contributed by atoms with van der Waals surface area (Å²) in [5, 5.41) is 8.63. The van der Waals surface area contributed by atoms with E-state index in [9.17, 15) is 4.79 Å². The molecule has 0 radical (unpaired) electrons. The molecule has 1 saturated heterocycles. The van der Waals surface area contributed by atoms with E-state index in [0.717, 1.165) is 24.4 Å². The van der Waals surface area contributed by atoms with Gasteiger partial charge < -0.3 is 9.84 Å². The number of aryl methyl sites for hydroxylation is 1. The van der Waals surface area contributed by atoms with Crippen LogP contribution in [-0.4, -0.2) is 42.2 Å². The quantitative estimate of drug-likeness (QED) is 0.838. The van der Waals surface area contributed by atoms with Crippen LogP contribution in [0.1, 0.15) is 12.0 Å².